The van der Waals surface area contributed by atoms with Crippen LogP contribution in [0.4, 0.5) is 0 Å². The van der Waals surface area contributed by atoms with Crippen LogP contribution in [0.15, 0.2) is 40.0 Å². The van der Waals surface area contributed by atoms with Gasteiger partial charge in [0.1, 0.15) is 5.75 Å². The van der Waals surface area contributed by atoms with Crippen LogP contribution >= 0.6 is 0 Å². The van der Waals surface area contributed by atoms with E-state index in [1.54, 1.807) is 25.1 Å². The molecular weight excluding hydrogens is 228 g/mol. The normalized spacial score (nSPS) is 11.6. The van der Waals surface area contributed by atoms with Crippen LogP contribution in [0.3, 0.4) is 0 Å². The Morgan fingerprint density at radius 1 is 1.38 bits per heavy atom. The number of nitrogens with zero attached hydrogens (tertiary/aromatic N) is 2. The SMILES string of the molecule is Cc1cc(CS(=O)(=O)c2ccccn2)on1. The van der Waals surface area contributed by atoms with Gasteiger partial charge in [-0.2, -0.15) is 0 Å². The highest BCUT2D eigenvalue weighted by Gasteiger charge is 2.18. The molecular formula is C10H10N2O3S. The Kier molecular flexibility index (Phi) is 2.74. The second-order valence-electron chi connectivity index (χ2n) is 3.36. The lowest BCUT2D eigenvalue weighted by atomic mass is 10.4. The minimum absolute atomic E-state index is 0.0454. The summed E-state index contributed by atoms with van der Waals surface area (Å²) in [6, 6.07) is 6.35. The molecule has 0 aliphatic carbocycles. The minimum Gasteiger partial charge on any atom is -0.360 e. The van der Waals surface area contributed by atoms with Crippen molar-refractivity contribution >= 4 is 9.84 Å². The maximum Gasteiger partial charge on any atom is 0.202 e. The van der Waals surface area contributed by atoms with Crippen LogP contribution in [0, 0.1) is 6.92 Å². The number of hydrogen-bond donors (Lipinski definition) is 0. The molecule has 0 amide bonds. The Bertz CT molecular complexity index is 575. The van der Waals surface area contributed by atoms with E-state index in [0.29, 0.717) is 11.5 Å². The Morgan fingerprint density at radius 2 is 2.19 bits per heavy atom. The molecule has 2 aromatic rings. The minimum atomic E-state index is -3.44. The topological polar surface area (TPSA) is 73.1 Å². The van der Waals surface area contributed by atoms with E-state index in [4.69, 9.17) is 4.52 Å². The van der Waals surface area contributed by atoms with Crippen LogP contribution in [0.5, 0.6) is 0 Å². The molecule has 2 heterocycles. The van der Waals surface area contributed by atoms with E-state index in [-0.39, 0.29) is 10.8 Å². The number of aryl methyl sites for hydroxylation is 1. The molecule has 0 fully saturated rings. The van der Waals surface area contributed by atoms with E-state index in [1.165, 1.54) is 12.3 Å². The first-order chi connectivity index (χ1) is 7.58. The molecule has 0 saturated heterocycles. The molecule has 0 spiro atoms. The summed E-state index contributed by atoms with van der Waals surface area (Å²) in [7, 11) is -3.44. The summed E-state index contributed by atoms with van der Waals surface area (Å²) in [5.74, 6) is 0.105. The number of rotatable bonds is 3. The summed E-state index contributed by atoms with van der Waals surface area (Å²) < 4.78 is 28.6. The fourth-order valence-electron chi connectivity index (χ4n) is 1.28. The van der Waals surface area contributed by atoms with Gasteiger partial charge in [0.05, 0.1) is 5.69 Å². The lowest BCUT2D eigenvalue weighted by Crippen LogP contribution is -2.06. The third kappa shape index (κ3) is 2.27. The molecule has 5 nitrogen and oxygen atoms in total. The second-order valence-corrected chi connectivity index (χ2v) is 5.30. The molecule has 2 rings (SSSR count). The van der Waals surface area contributed by atoms with Crippen molar-refractivity contribution < 1.29 is 12.9 Å². The first kappa shape index (κ1) is 10.8. The van der Waals surface area contributed by atoms with Gasteiger partial charge in [-0.3, -0.25) is 0 Å². The smallest absolute Gasteiger partial charge is 0.202 e. The molecule has 6 heteroatoms. The average Bonchev–Trinajstić information content (AvgIpc) is 2.64. The van der Waals surface area contributed by atoms with Crippen molar-refractivity contribution in [3.05, 3.63) is 41.9 Å². The Labute approximate surface area is 93.0 Å². The first-order valence-corrected chi connectivity index (χ1v) is 6.29. The summed E-state index contributed by atoms with van der Waals surface area (Å²) in [4.78, 5) is 3.80. The predicted molar refractivity (Wildman–Crippen MR) is 56.4 cm³/mol. The van der Waals surface area contributed by atoms with Crippen molar-refractivity contribution in [3.8, 4) is 0 Å². The number of aromatic nitrogens is 2. The molecule has 2 aromatic heterocycles. The zero-order valence-electron chi connectivity index (χ0n) is 8.62. The Morgan fingerprint density at radius 3 is 2.75 bits per heavy atom. The highest BCUT2D eigenvalue weighted by Crippen LogP contribution is 2.14. The number of hydrogen-bond acceptors (Lipinski definition) is 5. The fourth-order valence-corrected chi connectivity index (χ4v) is 2.44. The zero-order chi connectivity index (χ0) is 11.6. The van der Waals surface area contributed by atoms with Gasteiger partial charge in [-0.05, 0) is 19.1 Å². The zero-order valence-corrected chi connectivity index (χ0v) is 9.44. The summed E-state index contributed by atoms with van der Waals surface area (Å²) in [5.41, 5.74) is 0.659. The highest BCUT2D eigenvalue weighted by molar-refractivity contribution is 7.90. The largest absolute Gasteiger partial charge is 0.360 e. The Balaban J connectivity index is 2.28. The van der Waals surface area contributed by atoms with Crippen LogP contribution in [-0.2, 0) is 15.6 Å². The number of sulfone groups is 1. The van der Waals surface area contributed by atoms with Crippen molar-refractivity contribution in [2.45, 2.75) is 17.7 Å². The fraction of sp³-hybridized carbons (Fsp3) is 0.200. The van der Waals surface area contributed by atoms with Gasteiger partial charge in [-0.15, -0.1) is 0 Å². The van der Waals surface area contributed by atoms with Crippen molar-refractivity contribution in [1.82, 2.24) is 10.1 Å². The molecule has 0 unspecified atom stereocenters. The van der Waals surface area contributed by atoms with Crippen LogP contribution in [0.2, 0.25) is 0 Å². The molecule has 0 aliphatic heterocycles. The quantitative estimate of drug-likeness (QED) is 0.807. The van der Waals surface area contributed by atoms with Gasteiger partial charge >= 0.3 is 0 Å². The lowest BCUT2D eigenvalue weighted by Gasteiger charge is -1.99. The molecule has 0 N–H and O–H groups in total. The van der Waals surface area contributed by atoms with Crippen LogP contribution in [0.1, 0.15) is 11.5 Å². The second kappa shape index (κ2) is 4.05. The molecule has 0 radical (unpaired) electrons. The highest BCUT2D eigenvalue weighted by atomic mass is 32.2. The molecule has 16 heavy (non-hydrogen) atoms. The van der Waals surface area contributed by atoms with Crippen LogP contribution < -0.4 is 0 Å². The molecule has 0 bridgehead atoms. The third-order valence-corrected chi connectivity index (χ3v) is 3.51. The summed E-state index contributed by atoms with van der Waals surface area (Å²) >= 11 is 0. The van der Waals surface area contributed by atoms with Gasteiger partial charge in [-0.25, -0.2) is 13.4 Å². The summed E-state index contributed by atoms with van der Waals surface area (Å²) in [6.07, 6.45) is 1.44. The summed E-state index contributed by atoms with van der Waals surface area (Å²) in [5, 5.41) is 3.68. The van der Waals surface area contributed by atoms with Crippen molar-refractivity contribution in [2.75, 3.05) is 0 Å². The van der Waals surface area contributed by atoms with Gasteiger partial charge in [0, 0.05) is 12.3 Å². The monoisotopic (exact) mass is 238 g/mol. The van der Waals surface area contributed by atoms with Gasteiger partial charge in [0.15, 0.2) is 10.8 Å². The van der Waals surface area contributed by atoms with Gasteiger partial charge in [-0.1, -0.05) is 11.2 Å². The standard InChI is InChI=1S/C10H10N2O3S/c1-8-6-9(15-12-8)7-16(13,14)10-4-2-3-5-11-10/h2-6H,7H2,1H3. The molecule has 0 aromatic carbocycles. The molecule has 84 valence electrons. The molecule has 0 atom stereocenters. The molecule has 0 saturated carbocycles. The first-order valence-electron chi connectivity index (χ1n) is 4.64. The maximum atomic E-state index is 11.9. The van der Waals surface area contributed by atoms with E-state index in [9.17, 15) is 8.42 Å². The van der Waals surface area contributed by atoms with Gasteiger partial charge in [0.2, 0.25) is 9.84 Å². The molecule has 0 aliphatic rings. The third-order valence-electron chi connectivity index (χ3n) is 1.97. The van der Waals surface area contributed by atoms with Crippen molar-refractivity contribution in [2.24, 2.45) is 0 Å². The van der Waals surface area contributed by atoms with Gasteiger partial charge < -0.3 is 4.52 Å². The van der Waals surface area contributed by atoms with Crippen LogP contribution in [-0.4, -0.2) is 18.6 Å². The number of pyridine rings is 1. The lowest BCUT2D eigenvalue weighted by molar-refractivity contribution is 0.388. The van der Waals surface area contributed by atoms with Gasteiger partial charge in [0.25, 0.3) is 0 Å². The van der Waals surface area contributed by atoms with Crippen molar-refractivity contribution in [1.29, 1.82) is 0 Å². The summed E-state index contributed by atoms with van der Waals surface area (Å²) in [6.45, 7) is 1.74. The Hall–Kier alpha value is -1.69. The van der Waals surface area contributed by atoms with E-state index in [2.05, 4.69) is 10.1 Å². The van der Waals surface area contributed by atoms with E-state index < -0.39 is 9.84 Å². The average molecular weight is 238 g/mol. The maximum absolute atomic E-state index is 11.9. The van der Waals surface area contributed by atoms with Crippen LogP contribution in [0.25, 0.3) is 0 Å². The van der Waals surface area contributed by atoms with E-state index in [1.807, 2.05) is 0 Å². The predicted octanol–water partition coefficient (Wildman–Crippen LogP) is 1.35. The van der Waals surface area contributed by atoms with Crippen molar-refractivity contribution in [3.63, 3.8) is 0 Å². The van der Waals surface area contributed by atoms with E-state index in [0.717, 1.165) is 0 Å². The van der Waals surface area contributed by atoms with E-state index >= 15 is 0 Å².